The van der Waals surface area contributed by atoms with E-state index in [0.29, 0.717) is 23.9 Å². The third-order valence-corrected chi connectivity index (χ3v) is 7.10. The van der Waals surface area contributed by atoms with Crippen molar-refractivity contribution >= 4 is 21.6 Å². The largest absolute Gasteiger partial charge is 0.492 e. The van der Waals surface area contributed by atoms with E-state index in [9.17, 15) is 8.42 Å². The zero-order valence-corrected chi connectivity index (χ0v) is 17.9. The maximum absolute atomic E-state index is 13.0. The van der Waals surface area contributed by atoms with Crippen molar-refractivity contribution in [1.29, 1.82) is 0 Å². The molecule has 1 N–H and O–H groups in total. The monoisotopic (exact) mass is 403 g/mol. The topological polar surface area (TPSA) is 61.9 Å². The molecule has 0 aromatic heterocycles. The molecule has 1 aromatic rings. The van der Waals surface area contributed by atoms with Crippen LogP contribution in [0.2, 0.25) is 5.02 Å². The first-order valence-corrected chi connectivity index (χ1v) is 10.8. The molecule has 8 heteroatoms. The van der Waals surface area contributed by atoms with Gasteiger partial charge in [0.1, 0.15) is 10.6 Å². The maximum atomic E-state index is 13.0. The molecule has 26 heavy (non-hydrogen) atoms. The van der Waals surface area contributed by atoms with Gasteiger partial charge in [0.15, 0.2) is 0 Å². The molecule has 0 spiro atoms. The van der Waals surface area contributed by atoms with E-state index < -0.39 is 10.0 Å². The molecule has 2 rings (SSSR count). The molecule has 0 bridgehead atoms. The summed E-state index contributed by atoms with van der Waals surface area (Å²) in [6.07, 6.45) is 1.82. The lowest BCUT2D eigenvalue weighted by atomic mass is 9.86. The number of aryl methyl sites for hydroxylation is 1. The molecule has 0 saturated carbocycles. The molecule has 0 unspecified atom stereocenters. The summed E-state index contributed by atoms with van der Waals surface area (Å²) in [5.74, 6) is 0.337. The number of hydrogen-bond acceptors (Lipinski definition) is 5. The molecule has 1 fully saturated rings. The number of hydrogen-bond donors (Lipinski definition) is 1. The average molecular weight is 404 g/mol. The molecule has 1 saturated heterocycles. The van der Waals surface area contributed by atoms with E-state index >= 15 is 0 Å². The fraction of sp³-hybridized carbons (Fsp3) is 0.667. The van der Waals surface area contributed by atoms with E-state index in [1.165, 1.54) is 6.07 Å². The molecule has 1 aliphatic rings. The van der Waals surface area contributed by atoms with Gasteiger partial charge < -0.3 is 14.5 Å². The highest BCUT2D eigenvalue weighted by molar-refractivity contribution is 7.89. The van der Waals surface area contributed by atoms with Gasteiger partial charge in [0.2, 0.25) is 10.0 Å². The zero-order valence-electron chi connectivity index (χ0n) is 16.3. The van der Waals surface area contributed by atoms with Gasteiger partial charge >= 0.3 is 0 Å². The Morgan fingerprint density at radius 3 is 2.46 bits per heavy atom. The number of piperidine rings is 1. The Labute approximate surface area is 162 Å². The second-order valence-electron chi connectivity index (χ2n) is 7.23. The van der Waals surface area contributed by atoms with E-state index in [-0.39, 0.29) is 10.4 Å². The highest BCUT2D eigenvalue weighted by Gasteiger charge is 2.37. The van der Waals surface area contributed by atoms with Gasteiger partial charge in [-0.3, -0.25) is 0 Å². The van der Waals surface area contributed by atoms with E-state index in [0.717, 1.165) is 31.5 Å². The molecule has 0 aliphatic carbocycles. The first-order chi connectivity index (χ1) is 12.1. The molecule has 1 aliphatic heterocycles. The van der Waals surface area contributed by atoms with Crippen LogP contribution >= 0.6 is 11.6 Å². The number of nitrogens with one attached hydrogen (secondary N) is 1. The van der Waals surface area contributed by atoms with Gasteiger partial charge in [-0.2, -0.15) is 0 Å². The second-order valence-corrected chi connectivity index (χ2v) is 9.37. The van der Waals surface area contributed by atoms with Crippen molar-refractivity contribution in [1.82, 2.24) is 14.5 Å². The summed E-state index contributed by atoms with van der Waals surface area (Å²) in [6.45, 7) is 6.29. The van der Waals surface area contributed by atoms with Crippen molar-refractivity contribution in [2.45, 2.75) is 37.1 Å². The summed E-state index contributed by atoms with van der Waals surface area (Å²) >= 11 is 6.17. The number of ether oxygens (including phenoxy) is 1. The van der Waals surface area contributed by atoms with Crippen LogP contribution in [0.5, 0.6) is 5.75 Å². The Morgan fingerprint density at radius 1 is 1.31 bits per heavy atom. The quantitative estimate of drug-likeness (QED) is 0.757. The molecule has 148 valence electrons. The molecule has 1 heterocycles. The van der Waals surface area contributed by atoms with Crippen molar-refractivity contribution < 1.29 is 13.2 Å². The maximum Gasteiger partial charge on any atom is 0.244 e. The smallest absolute Gasteiger partial charge is 0.244 e. The predicted molar refractivity (Wildman–Crippen MR) is 106 cm³/mol. The van der Waals surface area contributed by atoms with E-state index in [1.54, 1.807) is 6.07 Å². The Balaban J connectivity index is 2.27. The molecular weight excluding hydrogens is 374 g/mol. The summed E-state index contributed by atoms with van der Waals surface area (Å²) in [5, 5.41) is 0.412. The SMILES string of the molecule is CCOc1cc(C)c(Cl)cc1S(=O)(=O)NCC1(N(C)C)CCN(C)CC1. The minimum Gasteiger partial charge on any atom is -0.492 e. The van der Waals surface area contributed by atoms with E-state index in [4.69, 9.17) is 16.3 Å². The van der Waals surface area contributed by atoms with E-state index in [1.807, 2.05) is 27.9 Å². The Morgan fingerprint density at radius 2 is 1.92 bits per heavy atom. The van der Waals surface area contributed by atoms with E-state index in [2.05, 4.69) is 21.6 Å². The Bertz CT molecular complexity index is 729. The van der Waals surface area contributed by atoms with Crippen LogP contribution in [0.1, 0.15) is 25.3 Å². The van der Waals surface area contributed by atoms with Crippen LogP contribution in [0, 0.1) is 6.92 Å². The van der Waals surface area contributed by atoms with Gasteiger partial charge in [-0.1, -0.05) is 11.6 Å². The number of rotatable bonds is 7. The lowest BCUT2D eigenvalue weighted by Gasteiger charge is -2.45. The normalized spacial score (nSPS) is 18.3. The average Bonchev–Trinajstić information content (AvgIpc) is 2.57. The lowest BCUT2D eigenvalue weighted by Crippen LogP contribution is -2.57. The Hall–Kier alpha value is -0.860. The number of nitrogens with zero attached hydrogens (tertiary/aromatic N) is 2. The number of sulfonamides is 1. The van der Waals surface area contributed by atoms with Crippen molar-refractivity contribution in [3.05, 3.63) is 22.7 Å². The molecule has 1 aromatic carbocycles. The molecule has 6 nitrogen and oxygen atoms in total. The third kappa shape index (κ3) is 4.70. The summed E-state index contributed by atoms with van der Waals surface area (Å²) in [5.41, 5.74) is 0.592. The van der Waals surface area contributed by atoms with Gasteiger partial charge in [-0.25, -0.2) is 13.1 Å². The predicted octanol–water partition coefficient (Wildman–Crippen LogP) is 2.35. The minimum atomic E-state index is -3.74. The lowest BCUT2D eigenvalue weighted by molar-refractivity contribution is 0.0706. The van der Waals surface area contributed by atoms with Crippen LogP contribution in [-0.2, 0) is 10.0 Å². The highest BCUT2D eigenvalue weighted by Crippen LogP contribution is 2.31. The number of benzene rings is 1. The van der Waals surface area contributed by atoms with Crippen molar-refractivity contribution in [3.63, 3.8) is 0 Å². The Kier molecular flexibility index (Phi) is 6.96. The van der Waals surface area contributed by atoms with Crippen LogP contribution in [0.25, 0.3) is 0 Å². The summed E-state index contributed by atoms with van der Waals surface area (Å²) in [4.78, 5) is 4.49. The third-order valence-electron chi connectivity index (χ3n) is 5.27. The molecule has 0 radical (unpaired) electrons. The van der Waals surface area contributed by atoms with Crippen LogP contribution in [-0.4, -0.2) is 71.1 Å². The molecule has 0 atom stereocenters. The molecule has 0 amide bonds. The summed E-state index contributed by atoms with van der Waals surface area (Å²) < 4.78 is 34.3. The van der Waals surface area contributed by atoms with Crippen LogP contribution in [0.4, 0.5) is 0 Å². The number of likely N-dealkylation sites (tertiary alicyclic amines) is 1. The number of halogens is 1. The van der Waals surface area contributed by atoms with Gasteiger partial charge in [0, 0.05) is 17.1 Å². The molecular formula is C18H30ClN3O3S. The van der Waals surface area contributed by atoms with Crippen molar-refractivity contribution in [2.75, 3.05) is 47.4 Å². The van der Waals surface area contributed by atoms with Crippen LogP contribution in [0.3, 0.4) is 0 Å². The van der Waals surface area contributed by atoms with Gasteiger partial charge in [-0.05, 0) is 78.6 Å². The second kappa shape index (κ2) is 8.44. The highest BCUT2D eigenvalue weighted by atomic mass is 35.5. The van der Waals surface area contributed by atoms with Gasteiger partial charge in [0.25, 0.3) is 0 Å². The zero-order chi connectivity index (χ0) is 19.5. The van der Waals surface area contributed by atoms with Crippen LogP contribution in [0.15, 0.2) is 17.0 Å². The van der Waals surface area contributed by atoms with Gasteiger partial charge in [0.05, 0.1) is 6.61 Å². The fourth-order valence-corrected chi connectivity index (χ4v) is 4.74. The van der Waals surface area contributed by atoms with Crippen molar-refractivity contribution in [3.8, 4) is 5.75 Å². The van der Waals surface area contributed by atoms with Crippen LogP contribution < -0.4 is 9.46 Å². The van der Waals surface area contributed by atoms with Gasteiger partial charge in [-0.15, -0.1) is 0 Å². The minimum absolute atomic E-state index is 0.0942. The first-order valence-electron chi connectivity index (χ1n) is 8.90. The standard InChI is InChI=1S/C18H30ClN3O3S/c1-6-25-16-11-14(2)15(19)12-17(16)26(23,24)20-13-18(21(3)4)7-9-22(5)10-8-18/h11-12,20H,6-10,13H2,1-5H3. The fourth-order valence-electron chi connectivity index (χ4n) is 3.24. The summed E-state index contributed by atoms with van der Waals surface area (Å²) in [6, 6.07) is 3.15. The first kappa shape index (κ1) is 21.4. The number of likely N-dealkylation sites (N-methyl/N-ethyl adjacent to an activating group) is 1. The summed E-state index contributed by atoms with van der Waals surface area (Å²) in [7, 11) is 2.37. The van der Waals surface area contributed by atoms with Crippen molar-refractivity contribution in [2.24, 2.45) is 0 Å².